The highest BCUT2D eigenvalue weighted by Gasteiger charge is 2.34. The monoisotopic (exact) mass is 466 g/mol. The van der Waals surface area contributed by atoms with E-state index in [2.05, 4.69) is 68.7 Å². The van der Waals surface area contributed by atoms with Crippen LogP contribution in [0.2, 0.25) is 0 Å². The molecule has 11 heteroatoms. The number of amidine groups is 1. The molecule has 0 spiro atoms. The van der Waals surface area contributed by atoms with Gasteiger partial charge in [0.25, 0.3) is 0 Å². The van der Waals surface area contributed by atoms with Gasteiger partial charge in [-0.2, -0.15) is 4.98 Å². The number of morpholine rings is 1. The van der Waals surface area contributed by atoms with Gasteiger partial charge in [-0.15, -0.1) is 0 Å². The lowest BCUT2D eigenvalue weighted by molar-refractivity contribution is 0.0679. The van der Waals surface area contributed by atoms with Gasteiger partial charge in [0.2, 0.25) is 11.9 Å². The molecular weight excluding hydrogens is 432 g/mol. The van der Waals surface area contributed by atoms with Crippen LogP contribution < -0.4 is 16.0 Å². The van der Waals surface area contributed by atoms with Crippen molar-refractivity contribution in [3.8, 4) is 0 Å². The Hall–Kier alpha value is -3.34. The summed E-state index contributed by atoms with van der Waals surface area (Å²) in [5.41, 5.74) is 8.76. The van der Waals surface area contributed by atoms with Gasteiger partial charge >= 0.3 is 0 Å². The highest BCUT2D eigenvalue weighted by atomic mass is 16.5. The van der Waals surface area contributed by atoms with Crippen LogP contribution >= 0.6 is 0 Å². The van der Waals surface area contributed by atoms with Crippen molar-refractivity contribution in [1.82, 2.24) is 29.7 Å². The molecule has 1 unspecified atom stereocenters. The van der Waals surface area contributed by atoms with Gasteiger partial charge in [-0.05, 0) is 27.7 Å². The summed E-state index contributed by atoms with van der Waals surface area (Å²) in [6.45, 7) is 13.5. The zero-order chi connectivity index (χ0) is 23.8. The van der Waals surface area contributed by atoms with Crippen LogP contribution in [0.15, 0.2) is 29.2 Å². The van der Waals surface area contributed by atoms with Crippen LogP contribution in [-0.2, 0) is 4.74 Å². The Balaban J connectivity index is 1.45. The zero-order valence-corrected chi connectivity index (χ0v) is 20.3. The quantitative estimate of drug-likeness (QED) is 0.621. The van der Waals surface area contributed by atoms with Gasteiger partial charge < -0.3 is 35.5 Å². The fourth-order valence-corrected chi connectivity index (χ4v) is 5.13. The molecule has 5 rings (SSSR count). The number of allylic oxidation sites excluding steroid dienone is 2. The highest BCUT2D eigenvalue weighted by molar-refractivity contribution is 6.03. The highest BCUT2D eigenvalue weighted by Crippen LogP contribution is 2.32. The fraction of sp³-hybridized carbons (Fsp3) is 0.565. The van der Waals surface area contributed by atoms with Crippen LogP contribution in [0, 0.1) is 0 Å². The number of nitrogens with two attached hydrogens (primary N) is 1. The number of fused-ring (bicyclic) bond motifs is 1. The van der Waals surface area contributed by atoms with Crippen molar-refractivity contribution >= 4 is 23.6 Å². The number of aliphatic imine (C=N–C) groups is 1. The normalized spacial score (nSPS) is 25.6. The molecule has 0 aliphatic carbocycles. The Labute approximate surface area is 200 Å². The molecule has 3 aliphatic rings. The van der Waals surface area contributed by atoms with E-state index in [1.54, 1.807) is 12.4 Å². The van der Waals surface area contributed by atoms with E-state index in [4.69, 9.17) is 20.4 Å². The van der Waals surface area contributed by atoms with Crippen molar-refractivity contribution in [2.45, 2.75) is 45.9 Å². The maximum atomic E-state index is 5.69. The molecule has 2 fully saturated rings. The van der Waals surface area contributed by atoms with Gasteiger partial charge in [-0.1, -0.05) is 6.08 Å². The van der Waals surface area contributed by atoms with Crippen LogP contribution in [0.5, 0.6) is 0 Å². The molecule has 5 heterocycles. The third kappa shape index (κ3) is 4.15. The molecule has 3 atom stereocenters. The number of ether oxygens (including phenoxy) is 1. The van der Waals surface area contributed by atoms with Crippen LogP contribution in [0.3, 0.4) is 0 Å². The molecule has 2 saturated heterocycles. The number of nitrogens with zero attached hydrogens (tertiary/aromatic N) is 7. The molecule has 3 aliphatic heterocycles. The third-order valence-corrected chi connectivity index (χ3v) is 6.80. The number of aromatic nitrogens is 4. The molecule has 4 N–H and O–H groups in total. The summed E-state index contributed by atoms with van der Waals surface area (Å²) in [5.74, 6) is 2.79. The predicted molar refractivity (Wildman–Crippen MR) is 133 cm³/mol. The minimum Gasteiger partial charge on any atom is -0.378 e. The van der Waals surface area contributed by atoms with E-state index in [0.29, 0.717) is 25.3 Å². The molecule has 0 bridgehead atoms. The molecule has 0 radical (unpaired) electrons. The second-order valence-corrected chi connectivity index (χ2v) is 9.20. The number of hydrogen-bond acceptors (Lipinski definition) is 10. The van der Waals surface area contributed by atoms with Crippen LogP contribution in [0.4, 0.5) is 17.7 Å². The maximum absolute atomic E-state index is 5.69. The predicted octanol–water partition coefficient (Wildman–Crippen LogP) is 1.81. The second kappa shape index (κ2) is 9.13. The first-order valence-electron chi connectivity index (χ1n) is 12.0. The fourth-order valence-electron chi connectivity index (χ4n) is 5.13. The average molecular weight is 467 g/mol. The van der Waals surface area contributed by atoms with E-state index in [-0.39, 0.29) is 12.1 Å². The average Bonchev–Trinajstić information content (AvgIpc) is 3.28. The minimum absolute atomic E-state index is 0.246. The first kappa shape index (κ1) is 22.5. The maximum Gasteiger partial charge on any atom is 0.219 e. The van der Waals surface area contributed by atoms with Gasteiger partial charge in [0.1, 0.15) is 5.69 Å². The number of anilines is 3. The zero-order valence-electron chi connectivity index (χ0n) is 20.3. The molecule has 2 aromatic rings. The van der Waals surface area contributed by atoms with Crippen molar-refractivity contribution < 1.29 is 4.74 Å². The lowest BCUT2D eigenvalue weighted by Gasteiger charge is -2.46. The number of imidazole rings is 1. The number of nitrogens with one attached hydrogen (secondary N) is 2. The number of nitrogen functional groups attached to an aromatic ring is 1. The molecule has 34 heavy (non-hydrogen) atoms. The largest absolute Gasteiger partial charge is 0.378 e. The Morgan fingerprint density at radius 1 is 1.12 bits per heavy atom. The summed E-state index contributed by atoms with van der Waals surface area (Å²) >= 11 is 0. The Morgan fingerprint density at radius 3 is 2.44 bits per heavy atom. The van der Waals surface area contributed by atoms with Crippen molar-refractivity contribution in [3.63, 3.8) is 0 Å². The van der Waals surface area contributed by atoms with E-state index in [1.165, 1.54) is 5.70 Å². The molecule has 0 amide bonds. The number of rotatable bonds is 3. The molecule has 182 valence electrons. The van der Waals surface area contributed by atoms with Crippen molar-refractivity contribution in [1.29, 1.82) is 0 Å². The SMILES string of the molecule is C/C=C(/C)N1[C@H](C)CN(c2nc3c([nH]2)C(N2CCOCC2)=NC(c2cnc(N)nc2)N3)C[C@@H]1C. The lowest BCUT2D eigenvalue weighted by Crippen LogP contribution is -2.56. The van der Waals surface area contributed by atoms with Crippen LogP contribution in [0.25, 0.3) is 0 Å². The van der Waals surface area contributed by atoms with Gasteiger partial charge in [-0.3, -0.25) is 0 Å². The van der Waals surface area contributed by atoms with Gasteiger partial charge in [0.15, 0.2) is 17.8 Å². The molecule has 0 saturated carbocycles. The van der Waals surface area contributed by atoms with Crippen LogP contribution in [-0.4, -0.2) is 87.0 Å². The number of H-pyrrole nitrogens is 1. The van der Waals surface area contributed by atoms with E-state index in [9.17, 15) is 0 Å². The Kier molecular flexibility index (Phi) is 6.03. The second-order valence-electron chi connectivity index (χ2n) is 9.20. The lowest BCUT2D eigenvalue weighted by atomic mass is 10.1. The number of aromatic amines is 1. The number of piperazine rings is 1. The Morgan fingerprint density at radius 2 is 1.79 bits per heavy atom. The number of hydrogen-bond donors (Lipinski definition) is 3. The van der Waals surface area contributed by atoms with E-state index in [0.717, 1.165) is 55.0 Å². The van der Waals surface area contributed by atoms with Crippen molar-refractivity contribution in [2.75, 3.05) is 55.3 Å². The smallest absolute Gasteiger partial charge is 0.219 e. The summed E-state index contributed by atoms with van der Waals surface area (Å²) in [7, 11) is 0. The van der Waals surface area contributed by atoms with Crippen LogP contribution in [0.1, 0.15) is 45.1 Å². The van der Waals surface area contributed by atoms with Gasteiger partial charge in [0.05, 0.1) is 13.2 Å². The summed E-state index contributed by atoms with van der Waals surface area (Å²) in [6, 6.07) is 0.754. The summed E-state index contributed by atoms with van der Waals surface area (Å²) in [4.78, 5) is 29.0. The topological polar surface area (TPSA) is 124 Å². The molecule has 2 aromatic heterocycles. The van der Waals surface area contributed by atoms with E-state index >= 15 is 0 Å². The van der Waals surface area contributed by atoms with Gasteiger partial charge in [0, 0.05) is 61.9 Å². The van der Waals surface area contributed by atoms with Crippen molar-refractivity contribution in [3.05, 3.63) is 35.4 Å². The van der Waals surface area contributed by atoms with E-state index in [1.807, 2.05) is 0 Å². The first-order chi connectivity index (χ1) is 16.4. The van der Waals surface area contributed by atoms with Crippen molar-refractivity contribution in [2.24, 2.45) is 4.99 Å². The molecular formula is C23H34N10O. The first-order valence-corrected chi connectivity index (χ1v) is 12.0. The Bertz CT molecular complexity index is 1060. The third-order valence-electron chi connectivity index (χ3n) is 6.80. The molecule has 0 aromatic carbocycles. The molecule has 11 nitrogen and oxygen atoms in total. The summed E-state index contributed by atoms with van der Waals surface area (Å²) in [5, 5.41) is 3.47. The van der Waals surface area contributed by atoms with Gasteiger partial charge in [-0.25, -0.2) is 15.0 Å². The summed E-state index contributed by atoms with van der Waals surface area (Å²) < 4.78 is 5.58. The van der Waals surface area contributed by atoms with E-state index < -0.39 is 0 Å². The summed E-state index contributed by atoms with van der Waals surface area (Å²) in [6.07, 6.45) is 5.27. The minimum atomic E-state index is -0.339. The standard InChI is InChI=1S/C23H34N10O/c1-5-14(2)33-15(3)12-32(13-16(33)4)23-27-18-20(30-23)28-19(17-10-25-22(24)26-11-17)29-21(18)31-6-8-34-9-7-31/h5,10-11,15-16,19,28H,6-9,12-13H2,1-4H3,(H,27,30)(H2,24,25,26)/b14-5-/t15-,16+,19?.